The molecule has 1 atom stereocenters. The Morgan fingerprint density at radius 2 is 2.09 bits per heavy atom. The lowest BCUT2D eigenvalue weighted by atomic mass is 10.3. The second-order valence-electron chi connectivity index (χ2n) is 4.87. The zero-order valence-corrected chi connectivity index (χ0v) is 13.2. The van der Waals surface area contributed by atoms with E-state index in [2.05, 4.69) is 10.1 Å². The number of aromatic nitrogens is 3. The van der Waals surface area contributed by atoms with Gasteiger partial charge >= 0.3 is 0 Å². The third-order valence-electron chi connectivity index (χ3n) is 3.03. The molecule has 0 saturated carbocycles. The van der Waals surface area contributed by atoms with Gasteiger partial charge < -0.3 is 14.3 Å². The van der Waals surface area contributed by atoms with Crippen molar-refractivity contribution >= 4 is 11.8 Å². The van der Waals surface area contributed by atoms with Crippen LogP contribution in [0.1, 0.15) is 5.76 Å². The summed E-state index contributed by atoms with van der Waals surface area (Å²) >= 11 is 1.40. The highest BCUT2D eigenvalue weighted by Crippen LogP contribution is 2.15. The highest BCUT2D eigenvalue weighted by molar-refractivity contribution is 7.99. The van der Waals surface area contributed by atoms with Crippen LogP contribution in [0.15, 0.2) is 64.6 Å². The summed E-state index contributed by atoms with van der Waals surface area (Å²) in [5, 5.41) is 14.9. The molecule has 0 fully saturated rings. The predicted molar refractivity (Wildman–Crippen MR) is 86.5 cm³/mol. The molecule has 0 saturated heterocycles. The lowest BCUT2D eigenvalue weighted by Gasteiger charge is -2.08. The van der Waals surface area contributed by atoms with Gasteiger partial charge in [-0.15, -0.1) is 5.10 Å². The van der Waals surface area contributed by atoms with Crippen LogP contribution in [0.3, 0.4) is 0 Å². The first kappa shape index (κ1) is 15.8. The Morgan fingerprint density at radius 3 is 2.87 bits per heavy atom. The van der Waals surface area contributed by atoms with Gasteiger partial charge in [0.2, 0.25) is 5.16 Å². The molecule has 2 aromatic heterocycles. The monoisotopic (exact) mass is 331 g/mol. The third-order valence-corrected chi connectivity index (χ3v) is 4.03. The molecule has 0 spiro atoms. The summed E-state index contributed by atoms with van der Waals surface area (Å²) in [6.07, 6.45) is 2.68. The van der Waals surface area contributed by atoms with Crippen LogP contribution < -0.4 is 0 Å². The van der Waals surface area contributed by atoms with Gasteiger partial charge in [0, 0.05) is 5.75 Å². The molecule has 1 aromatic carbocycles. The Kier molecular flexibility index (Phi) is 5.46. The molecule has 6 nitrogen and oxygen atoms in total. The first-order chi connectivity index (χ1) is 11.3. The Balaban J connectivity index is 1.42. The van der Waals surface area contributed by atoms with Crippen molar-refractivity contribution in [1.29, 1.82) is 0 Å². The van der Waals surface area contributed by atoms with Crippen molar-refractivity contribution in [1.82, 2.24) is 14.8 Å². The van der Waals surface area contributed by atoms with Gasteiger partial charge in [-0.2, -0.15) is 0 Å². The highest BCUT2D eigenvalue weighted by atomic mass is 32.2. The van der Waals surface area contributed by atoms with E-state index >= 15 is 0 Å². The Labute approximate surface area is 138 Å². The number of rotatable bonds is 8. The molecule has 1 N–H and O–H groups in total. The van der Waals surface area contributed by atoms with E-state index in [9.17, 15) is 5.11 Å². The number of benzene rings is 1. The number of hydrogen-bond donors (Lipinski definition) is 1. The molecule has 1 unspecified atom stereocenters. The molecule has 2 heterocycles. The van der Waals surface area contributed by atoms with Gasteiger partial charge in [0.15, 0.2) is 0 Å². The normalized spacial score (nSPS) is 12.4. The number of para-hydroxylation sites is 1. The molecule has 0 amide bonds. The van der Waals surface area contributed by atoms with E-state index < -0.39 is 6.10 Å². The van der Waals surface area contributed by atoms with Crippen molar-refractivity contribution < 1.29 is 14.3 Å². The molecule has 0 bridgehead atoms. The van der Waals surface area contributed by atoms with E-state index in [4.69, 9.17) is 9.15 Å². The van der Waals surface area contributed by atoms with Crippen LogP contribution in [-0.4, -0.2) is 38.3 Å². The van der Waals surface area contributed by atoms with Crippen LogP contribution in [0, 0.1) is 0 Å². The zero-order valence-electron chi connectivity index (χ0n) is 12.4. The van der Waals surface area contributed by atoms with E-state index in [0.717, 1.165) is 11.4 Å². The highest BCUT2D eigenvalue weighted by Gasteiger charge is 2.09. The topological polar surface area (TPSA) is 73.3 Å². The van der Waals surface area contributed by atoms with Crippen molar-refractivity contribution in [2.45, 2.75) is 17.9 Å². The summed E-state index contributed by atoms with van der Waals surface area (Å²) in [5.41, 5.74) is 0.953. The largest absolute Gasteiger partial charge is 0.467 e. The molecule has 0 aliphatic heterocycles. The number of furan rings is 1. The van der Waals surface area contributed by atoms with Gasteiger partial charge in [-0.1, -0.05) is 30.0 Å². The van der Waals surface area contributed by atoms with Gasteiger partial charge in [-0.05, 0) is 24.3 Å². The number of aliphatic hydroxyl groups is 1. The Hall–Kier alpha value is -2.09. The van der Waals surface area contributed by atoms with E-state index in [-0.39, 0.29) is 6.61 Å². The van der Waals surface area contributed by atoms with Crippen molar-refractivity contribution in [3.8, 4) is 5.69 Å². The van der Waals surface area contributed by atoms with Crippen LogP contribution in [-0.2, 0) is 11.3 Å². The van der Waals surface area contributed by atoms with Gasteiger partial charge in [-0.3, -0.25) is 0 Å². The number of nitrogens with zero attached hydrogens (tertiary/aromatic N) is 3. The van der Waals surface area contributed by atoms with Crippen molar-refractivity contribution in [3.63, 3.8) is 0 Å². The first-order valence-electron chi connectivity index (χ1n) is 7.19. The number of hydrogen-bond acceptors (Lipinski definition) is 6. The standard InChI is InChI=1S/C16H17N3O3S/c20-14(9-21-10-15-7-4-8-22-15)11-23-16-17-12-19(18-16)13-5-2-1-3-6-13/h1-8,12,14,20H,9-11H2. The molecule has 0 radical (unpaired) electrons. The number of ether oxygens (including phenoxy) is 1. The lowest BCUT2D eigenvalue weighted by molar-refractivity contribution is 0.0328. The quantitative estimate of drug-likeness (QED) is 0.640. The van der Waals surface area contributed by atoms with E-state index in [1.165, 1.54) is 11.8 Å². The van der Waals surface area contributed by atoms with Crippen LogP contribution in [0.4, 0.5) is 0 Å². The van der Waals surface area contributed by atoms with Gasteiger partial charge in [-0.25, -0.2) is 9.67 Å². The molecule has 0 aliphatic carbocycles. The second-order valence-corrected chi connectivity index (χ2v) is 5.85. The minimum absolute atomic E-state index is 0.243. The van der Waals surface area contributed by atoms with Gasteiger partial charge in [0.25, 0.3) is 0 Å². The Morgan fingerprint density at radius 1 is 1.22 bits per heavy atom. The van der Waals surface area contributed by atoms with Crippen molar-refractivity contribution in [2.24, 2.45) is 0 Å². The SMILES string of the molecule is OC(COCc1ccco1)CSc1ncn(-c2ccccc2)n1. The average Bonchev–Trinajstić information content (AvgIpc) is 3.25. The smallest absolute Gasteiger partial charge is 0.208 e. The molecule has 7 heteroatoms. The minimum Gasteiger partial charge on any atom is -0.467 e. The summed E-state index contributed by atoms with van der Waals surface area (Å²) < 4.78 is 12.3. The summed E-state index contributed by atoms with van der Waals surface area (Å²) in [6.45, 7) is 0.600. The van der Waals surface area contributed by atoms with Crippen molar-refractivity contribution in [3.05, 3.63) is 60.8 Å². The summed E-state index contributed by atoms with van der Waals surface area (Å²) in [7, 11) is 0. The van der Waals surface area contributed by atoms with Crippen LogP contribution in [0.25, 0.3) is 5.69 Å². The molecule has 3 aromatic rings. The third kappa shape index (κ3) is 4.69. The molecule has 0 aliphatic rings. The van der Waals surface area contributed by atoms with E-state index in [0.29, 0.717) is 17.5 Å². The van der Waals surface area contributed by atoms with Crippen LogP contribution in [0.5, 0.6) is 0 Å². The maximum atomic E-state index is 9.92. The number of aliphatic hydroxyl groups excluding tert-OH is 1. The summed E-state index contributed by atoms with van der Waals surface area (Å²) in [6, 6.07) is 13.4. The molecule has 120 valence electrons. The fourth-order valence-corrected chi connectivity index (χ4v) is 2.63. The van der Waals surface area contributed by atoms with Gasteiger partial charge in [0.05, 0.1) is 24.7 Å². The van der Waals surface area contributed by atoms with Crippen LogP contribution >= 0.6 is 11.8 Å². The average molecular weight is 331 g/mol. The summed E-state index contributed by atoms with van der Waals surface area (Å²) in [5.74, 6) is 1.21. The minimum atomic E-state index is -0.585. The second kappa shape index (κ2) is 7.96. The van der Waals surface area contributed by atoms with Gasteiger partial charge in [0.1, 0.15) is 18.7 Å². The van der Waals surface area contributed by atoms with E-state index in [1.807, 2.05) is 36.4 Å². The predicted octanol–water partition coefficient (Wildman–Crippen LogP) is 2.53. The maximum absolute atomic E-state index is 9.92. The molecule has 3 rings (SSSR count). The van der Waals surface area contributed by atoms with Crippen molar-refractivity contribution in [2.75, 3.05) is 12.4 Å². The molecular formula is C16H17N3O3S. The zero-order chi connectivity index (χ0) is 15.9. The molecule has 23 heavy (non-hydrogen) atoms. The first-order valence-corrected chi connectivity index (χ1v) is 8.18. The maximum Gasteiger partial charge on any atom is 0.208 e. The van der Waals surface area contributed by atoms with Crippen LogP contribution in [0.2, 0.25) is 0 Å². The summed E-state index contributed by atoms with van der Waals surface area (Å²) in [4.78, 5) is 4.23. The van der Waals surface area contributed by atoms with E-state index in [1.54, 1.807) is 23.3 Å². The lowest BCUT2D eigenvalue weighted by Crippen LogP contribution is -2.17. The number of thioether (sulfide) groups is 1. The molecular weight excluding hydrogens is 314 g/mol. The fraction of sp³-hybridized carbons (Fsp3) is 0.250. The fourth-order valence-electron chi connectivity index (χ4n) is 1.93. The Bertz CT molecular complexity index is 700.